The molecule has 4 aromatic carbocycles. The van der Waals surface area contributed by atoms with E-state index in [0.717, 1.165) is 10.6 Å². The molecule has 1 saturated heterocycles. The molecule has 0 radical (unpaired) electrons. The van der Waals surface area contributed by atoms with Crippen LogP contribution in [-0.4, -0.2) is 39.9 Å². The van der Waals surface area contributed by atoms with Crippen molar-refractivity contribution in [2.75, 3.05) is 6.16 Å². The molecule has 4 nitrogen and oxygen atoms in total. The van der Waals surface area contributed by atoms with E-state index in [2.05, 4.69) is 24.3 Å². The summed E-state index contributed by atoms with van der Waals surface area (Å²) in [6.45, 7) is 3.69. The largest absolute Gasteiger partial charge is 0.360 e. The number of aliphatic hydroxyl groups is 2. The Morgan fingerprint density at radius 2 is 1.00 bits per heavy atom. The summed E-state index contributed by atoms with van der Waals surface area (Å²) in [5, 5.41) is 28.2. The molecule has 4 aromatic rings. The Balaban J connectivity index is 1.55. The summed E-state index contributed by atoms with van der Waals surface area (Å²) in [5.74, 6) is -0.950. The molecule has 2 atom stereocenters. The molecule has 0 amide bonds. The summed E-state index contributed by atoms with van der Waals surface area (Å²) in [7, 11) is -2.42. The van der Waals surface area contributed by atoms with Crippen molar-refractivity contribution >= 4 is 37.1 Å². The van der Waals surface area contributed by atoms with Crippen LogP contribution < -0.4 is 21.2 Å². The first-order valence-corrected chi connectivity index (χ1v) is 15.3. The third-order valence-electron chi connectivity index (χ3n) is 6.42. The van der Waals surface area contributed by atoms with Gasteiger partial charge in [-0.3, -0.25) is 0 Å². The number of hydrogen-bond acceptors (Lipinski definition) is 4. The quantitative estimate of drug-likeness (QED) is 0.262. The molecule has 1 heterocycles. The van der Waals surface area contributed by atoms with Crippen LogP contribution in [0.4, 0.5) is 0 Å². The average Bonchev–Trinajstić information content (AvgIpc) is 3.24. The van der Waals surface area contributed by atoms with Gasteiger partial charge >= 0.3 is 0 Å². The minimum Gasteiger partial charge on any atom is -0.360 e. The molecule has 0 bridgehead atoms. The molecule has 1 fully saturated rings. The smallest absolute Gasteiger partial charge is 0.219 e. The lowest BCUT2D eigenvalue weighted by Crippen LogP contribution is -2.51. The molecule has 2 N–H and O–H groups in total. The molecule has 190 valence electrons. The summed E-state index contributed by atoms with van der Waals surface area (Å²) >= 11 is 0. The normalized spacial score (nSPS) is 19.4. The second-order valence-electron chi connectivity index (χ2n) is 9.57. The molecule has 1 aliphatic rings. The van der Waals surface area contributed by atoms with E-state index in [1.54, 1.807) is 0 Å². The minimum absolute atomic E-state index is 0.519. The fraction of sp³-hybridized carbons (Fsp3) is 0.226. The lowest BCUT2D eigenvalue weighted by molar-refractivity contribution is -0.201. The second kappa shape index (κ2) is 11.1. The van der Waals surface area contributed by atoms with Crippen LogP contribution in [0, 0.1) is 0 Å². The predicted octanol–water partition coefficient (Wildman–Crippen LogP) is 4.41. The highest BCUT2D eigenvalue weighted by molar-refractivity contribution is 7.74. The van der Waals surface area contributed by atoms with Crippen LogP contribution in [0.1, 0.15) is 13.8 Å². The van der Waals surface area contributed by atoms with Crippen LogP contribution in [0.15, 0.2) is 121 Å². The molecule has 2 unspecified atom stereocenters. The van der Waals surface area contributed by atoms with Crippen LogP contribution in [0.25, 0.3) is 0 Å². The van der Waals surface area contributed by atoms with Crippen molar-refractivity contribution in [2.45, 2.75) is 37.4 Å². The van der Waals surface area contributed by atoms with Crippen molar-refractivity contribution in [3.8, 4) is 0 Å². The molecule has 0 saturated carbocycles. The zero-order valence-electron chi connectivity index (χ0n) is 21.0. The Morgan fingerprint density at radius 3 is 1.41 bits per heavy atom. The maximum atomic E-state index is 12.0. The molecule has 5 rings (SSSR count). The Hall–Kier alpha value is -2.42. The van der Waals surface area contributed by atoms with E-state index in [1.807, 2.05) is 111 Å². The molecule has 0 aliphatic carbocycles. The molecule has 1 aliphatic heterocycles. The summed E-state index contributed by atoms with van der Waals surface area (Å²) in [6.07, 6.45) is -0.854. The number of hydrogen-bond donors (Lipinski definition) is 2. The number of benzene rings is 4. The van der Waals surface area contributed by atoms with Gasteiger partial charge in [-0.1, -0.05) is 121 Å². The highest BCUT2D eigenvalue weighted by Crippen LogP contribution is 2.52. The zero-order chi connectivity index (χ0) is 25.9. The van der Waals surface area contributed by atoms with Crippen LogP contribution in [0.2, 0.25) is 0 Å². The second-order valence-corrected chi connectivity index (χ2v) is 14.2. The molecular formula is C31H32O4P2. The third kappa shape index (κ3) is 5.86. The van der Waals surface area contributed by atoms with E-state index in [-0.39, 0.29) is 0 Å². The summed E-state index contributed by atoms with van der Waals surface area (Å²) in [4.78, 5) is 0. The number of ether oxygens (including phenoxy) is 2. The highest BCUT2D eigenvalue weighted by Gasteiger charge is 2.56. The van der Waals surface area contributed by atoms with Gasteiger partial charge < -0.3 is 19.7 Å². The monoisotopic (exact) mass is 530 g/mol. The lowest BCUT2D eigenvalue weighted by atomic mass is 10.2. The first-order valence-electron chi connectivity index (χ1n) is 12.4. The van der Waals surface area contributed by atoms with Crippen LogP contribution >= 0.6 is 15.8 Å². The summed E-state index contributed by atoms with van der Waals surface area (Å²) in [5.41, 5.74) is -2.16. The Labute approximate surface area is 221 Å². The van der Waals surface area contributed by atoms with E-state index in [0.29, 0.717) is 6.16 Å². The van der Waals surface area contributed by atoms with Crippen molar-refractivity contribution < 1.29 is 19.7 Å². The summed E-state index contributed by atoms with van der Waals surface area (Å²) < 4.78 is 12.8. The predicted molar refractivity (Wildman–Crippen MR) is 154 cm³/mol. The van der Waals surface area contributed by atoms with Gasteiger partial charge in [0, 0.05) is 14.1 Å². The highest BCUT2D eigenvalue weighted by atomic mass is 31.1. The molecule has 0 aromatic heterocycles. The Bertz CT molecular complexity index is 1190. The van der Waals surface area contributed by atoms with E-state index in [9.17, 15) is 10.2 Å². The lowest BCUT2D eigenvalue weighted by Gasteiger charge is -2.38. The van der Waals surface area contributed by atoms with Gasteiger partial charge in [0.25, 0.3) is 0 Å². The van der Waals surface area contributed by atoms with E-state index in [1.165, 1.54) is 10.6 Å². The standard InChI is InChI=1S/C31H32O4P2/c1-30(2)34-28(23-36(24-15-7-3-8-16-24)25-17-9-4-10-18-25)29(35-30)31(32,33)37(26-19-11-5-12-20-26)27-21-13-6-14-22-27/h3-22,28-29,32-33H,23H2,1-2H3. The summed E-state index contributed by atoms with van der Waals surface area (Å²) in [6, 6.07) is 40.2. The first-order chi connectivity index (χ1) is 17.9. The fourth-order valence-corrected chi connectivity index (χ4v) is 9.75. The van der Waals surface area contributed by atoms with Crippen molar-refractivity contribution in [2.24, 2.45) is 0 Å². The topological polar surface area (TPSA) is 58.9 Å². The molecule has 37 heavy (non-hydrogen) atoms. The van der Waals surface area contributed by atoms with Gasteiger partial charge in [-0.25, -0.2) is 0 Å². The maximum Gasteiger partial charge on any atom is 0.219 e. The van der Waals surface area contributed by atoms with E-state index >= 15 is 0 Å². The fourth-order valence-electron chi connectivity index (χ4n) is 4.86. The number of rotatable bonds is 8. The van der Waals surface area contributed by atoms with Gasteiger partial charge in [0.05, 0.1) is 6.10 Å². The van der Waals surface area contributed by atoms with Crippen molar-refractivity contribution in [1.29, 1.82) is 0 Å². The zero-order valence-corrected chi connectivity index (χ0v) is 22.8. The van der Waals surface area contributed by atoms with E-state index in [4.69, 9.17) is 9.47 Å². The van der Waals surface area contributed by atoms with Crippen molar-refractivity contribution in [3.63, 3.8) is 0 Å². The van der Waals surface area contributed by atoms with Gasteiger partial charge in [-0.05, 0) is 43.0 Å². The van der Waals surface area contributed by atoms with Crippen molar-refractivity contribution in [1.82, 2.24) is 0 Å². The van der Waals surface area contributed by atoms with Crippen LogP contribution in [0.3, 0.4) is 0 Å². The van der Waals surface area contributed by atoms with Gasteiger partial charge in [-0.2, -0.15) is 0 Å². The van der Waals surface area contributed by atoms with E-state index < -0.39 is 39.4 Å². The Morgan fingerprint density at radius 1 is 0.622 bits per heavy atom. The SMILES string of the molecule is CC1(C)OC(CP(c2ccccc2)c2ccccc2)C(C(O)(O)P(c2ccccc2)c2ccccc2)O1. The molecule has 0 spiro atoms. The molecule has 6 heteroatoms. The molecular weight excluding hydrogens is 498 g/mol. The average molecular weight is 531 g/mol. The third-order valence-corrected chi connectivity index (χ3v) is 11.5. The maximum absolute atomic E-state index is 12.0. The van der Waals surface area contributed by atoms with Gasteiger partial charge in [0.15, 0.2) is 5.79 Å². The van der Waals surface area contributed by atoms with Crippen LogP contribution in [-0.2, 0) is 9.47 Å². The van der Waals surface area contributed by atoms with Gasteiger partial charge in [-0.15, -0.1) is 0 Å². The van der Waals surface area contributed by atoms with Gasteiger partial charge in [0.2, 0.25) is 5.53 Å². The van der Waals surface area contributed by atoms with Crippen LogP contribution in [0.5, 0.6) is 0 Å². The van der Waals surface area contributed by atoms with Crippen molar-refractivity contribution in [3.05, 3.63) is 121 Å². The minimum atomic E-state index is -2.16. The first kappa shape index (κ1) is 26.2. The van der Waals surface area contributed by atoms with Gasteiger partial charge in [0.1, 0.15) is 6.10 Å². The Kier molecular flexibility index (Phi) is 7.88.